The lowest BCUT2D eigenvalue weighted by Crippen LogP contribution is -1.99. The van der Waals surface area contributed by atoms with Crippen molar-refractivity contribution in [1.29, 1.82) is 0 Å². The summed E-state index contributed by atoms with van der Waals surface area (Å²) in [5, 5.41) is 11.6. The minimum Gasteiger partial charge on any atom is -0.476 e. The molecule has 1 heterocycles. The van der Waals surface area contributed by atoms with Crippen LogP contribution in [0.25, 0.3) is 0 Å². The van der Waals surface area contributed by atoms with Crippen molar-refractivity contribution in [2.45, 2.75) is 5.75 Å². The highest BCUT2D eigenvalue weighted by molar-refractivity contribution is 7.89. The predicted molar refractivity (Wildman–Crippen MR) is 42.0 cm³/mol. The van der Waals surface area contributed by atoms with Crippen LogP contribution in [0.3, 0.4) is 0 Å². The summed E-state index contributed by atoms with van der Waals surface area (Å²) in [5.74, 6) is -1.56. The highest BCUT2D eigenvalue weighted by atomic mass is 32.2. The Morgan fingerprint density at radius 2 is 2.31 bits per heavy atom. The molecule has 0 atom stereocenters. The lowest BCUT2D eigenvalue weighted by atomic mass is 10.4. The van der Waals surface area contributed by atoms with Crippen LogP contribution < -0.4 is 0 Å². The zero-order valence-electron chi connectivity index (χ0n) is 6.72. The van der Waals surface area contributed by atoms with Gasteiger partial charge in [0.1, 0.15) is 5.75 Å². The van der Waals surface area contributed by atoms with Crippen LogP contribution >= 0.6 is 0 Å². The molecule has 1 aromatic heterocycles. The zero-order chi connectivity index (χ0) is 10.1. The Bertz CT molecular complexity index is 418. The van der Waals surface area contributed by atoms with Crippen LogP contribution in [0.15, 0.2) is 10.6 Å². The Labute approximate surface area is 74.1 Å². The van der Waals surface area contributed by atoms with E-state index in [1.54, 1.807) is 0 Å². The first-order valence-corrected chi connectivity index (χ1v) is 5.31. The molecule has 0 aliphatic heterocycles. The van der Waals surface area contributed by atoms with E-state index in [1.807, 2.05) is 0 Å². The van der Waals surface area contributed by atoms with Gasteiger partial charge in [-0.2, -0.15) is 0 Å². The monoisotopic (exact) mass is 205 g/mol. The first-order valence-electron chi connectivity index (χ1n) is 3.25. The summed E-state index contributed by atoms with van der Waals surface area (Å²) in [6, 6.07) is 1.09. The number of hydrogen-bond donors (Lipinski definition) is 1. The number of nitrogens with zero attached hydrogens (tertiary/aromatic N) is 1. The third-order valence-corrected chi connectivity index (χ3v) is 1.99. The van der Waals surface area contributed by atoms with Crippen molar-refractivity contribution >= 4 is 15.8 Å². The molecule has 0 fully saturated rings. The Balaban J connectivity index is 2.87. The highest BCUT2D eigenvalue weighted by Crippen LogP contribution is 2.07. The van der Waals surface area contributed by atoms with Crippen molar-refractivity contribution < 1.29 is 22.8 Å². The minimum absolute atomic E-state index is 0.0277. The average Bonchev–Trinajstić information content (AvgIpc) is 2.31. The first-order chi connectivity index (χ1) is 5.88. The van der Waals surface area contributed by atoms with Gasteiger partial charge in [-0.25, -0.2) is 13.2 Å². The van der Waals surface area contributed by atoms with Crippen molar-refractivity contribution in [2.24, 2.45) is 0 Å². The van der Waals surface area contributed by atoms with Crippen molar-refractivity contribution in [3.63, 3.8) is 0 Å². The molecule has 6 nitrogen and oxygen atoms in total. The molecule has 0 aliphatic carbocycles. The van der Waals surface area contributed by atoms with Crippen LogP contribution in [0.5, 0.6) is 0 Å². The molecule has 0 spiro atoms. The van der Waals surface area contributed by atoms with Gasteiger partial charge in [0.15, 0.2) is 21.3 Å². The quantitative estimate of drug-likeness (QED) is 0.741. The van der Waals surface area contributed by atoms with Gasteiger partial charge >= 0.3 is 5.97 Å². The van der Waals surface area contributed by atoms with Gasteiger partial charge in [-0.15, -0.1) is 0 Å². The van der Waals surface area contributed by atoms with Gasteiger partial charge in [-0.05, 0) is 0 Å². The van der Waals surface area contributed by atoms with Crippen molar-refractivity contribution in [3.8, 4) is 0 Å². The van der Waals surface area contributed by atoms with E-state index in [0.717, 1.165) is 12.3 Å². The Hall–Kier alpha value is -1.37. The molecule has 1 aromatic rings. The summed E-state index contributed by atoms with van der Waals surface area (Å²) in [7, 11) is -3.22. The van der Waals surface area contributed by atoms with Crippen LogP contribution in [0.1, 0.15) is 16.2 Å². The van der Waals surface area contributed by atoms with Crippen LogP contribution in [0.2, 0.25) is 0 Å². The van der Waals surface area contributed by atoms with Gasteiger partial charge in [-0.1, -0.05) is 5.16 Å². The van der Waals surface area contributed by atoms with Gasteiger partial charge in [0.25, 0.3) is 0 Å². The molecule has 1 rings (SSSR count). The average molecular weight is 205 g/mol. The molecular formula is C6H7NO5S. The van der Waals surface area contributed by atoms with Crippen LogP contribution in [-0.2, 0) is 15.6 Å². The number of carboxylic acid groups (broad SMARTS) is 1. The Kier molecular flexibility index (Phi) is 2.37. The van der Waals surface area contributed by atoms with E-state index < -0.39 is 15.8 Å². The second-order valence-electron chi connectivity index (χ2n) is 2.55. The molecule has 72 valence electrons. The predicted octanol–water partition coefficient (Wildman–Crippen LogP) is -0.0826. The van der Waals surface area contributed by atoms with Crippen molar-refractivity contribution in [3.05, 3.63) is 17.5 Å². The fourth-order valence-corrected chi connectivity index (χ4v) is 1.39. The molecule has 0 aromatic carbocycles. The second kappa shape index (κ2) is 3.17. The lowest BCUT2D eigenvalue weighted by Gasteiger charge is -1.89. The molecule has 0 amide bonds. The smallest absolute Gasteiger partial charge is 0.358 e. The topological polar surface area (TPSA) is 97.5 Å². The maximum Gasteiger partial charge on any atom is 0.358 e. The van der Waals surface area contributed by atoms with Gasteiger partial charge in [0.05, 0.1) is 0 Å². The molecular weight excluding hydrogens is 198 g/mol. The van der Waals surface area contributed by atoms with Gasteiger partial charge < -0.3 is 9.63 Å². The molecule has 0 unspecified atom stereocenters. The van der Waals surface area contributed by atoms with Gasteiger partial charge in [0, 0.05) is 12.3 Å². The van der Waals surface area contributed by atoms with E-state index >= 15 is 0 Å². The Morgan fingerprint density at radius 3 is 2.69 bits per heavy atom. The molecule has 1 N–H and O–H groups in total. The standard InChI is InChI=1S/C6H7NO5S/c1-13(10,11)3-4-2-5(6(8)9)7-12-4/h2H,3H2,1H3,(H,8,9). The second-order valence-corrected chi connectivity index (χ2v) is 4.69. The summed E-state index contributed by atoms with van der Waals surface area (Å²) < 4.78 is 26.0. The summed E-state index contributed by atoms with van der Waals surface area (Å²) in [5.41, 5.74) is -0.293. The van der Waals surface area contributed by atoms with Gasteiger partial charge in [-0.3, -0.25) is 0 Å². The summed E-state index contributed by atoms with van der Waals surface area (Å²) >= 11 is 0. The normalized spacial score (nSPS) is 11.5. The molecule has 0 saturated heterocycles. The minimum atomic E-state index is -3.22. The van der Waals surface area contributed by atoms with E-state index in [4.69, 9.17) is 5.11 Å². The Morgan fingerprint density at radius 1 is 1.69 bits per heavy atom. The summed E-state index contributed by atoms with van der Waals surface area (Å²) in [6.45, 7) is 0. The molecule has 13 heavy (non-hydrogen) atoms. The molecule has 7 heteroatoms. The number of hydrogen-bond acceptors (Lipinski definition) is 5. The molecule has 0 bridgehead atoms. The number of sulfone groups is 1. The van der Waals surface area contributed by atoms with Crippen molar-refractivity contribution in [2.75, 3.05) is 6.26 Å². The molecule has 0 aliphatic rings. The first kappa shape index (κ1) is 9.72. The maximum absolute atomic E-state index is 10.7. The highest BCUT2D eigenvalue weighted by Gasteiger charge is 2.14. The maximum atomic E-state index is 10.7. The van der Waals surface area contributed by atoms with E-state index in [1.165, 1.54) is 0 Å². The third-order valence-electron chi connectivity index (χ3n) is 1.18. The SMILES string of the molecule is CS(=O)(=O)Cc1cc(C(=O)O)no1. The zero-order valence-corrected chi connectivity index (χ0v) is 7.54. The number of carboxylic acids is 1. The van der Waals surface area contributed by atoms with E-state index in [-0.39, 0.29) is 17.2 Å². The van der Waals surface area contributed by atoms with Crippen LogP contribution in [0.4, 0.5) is 0 Å². The number of carbonyl (C=O) groups is 1. The summed E-state index contributed by atoms with van der Waals surface area (Å²) in [6.07, 6.45) is 1.02. The molecule has 0 radical (unpaired) electrons. The van der Waals surface area contributed by atoms with E-state index in [9.17, 15) is 13.2 Å². The largest absolute Gasteiger partial charge is 0.476 e. The van der Waals surface area contributed by atoms with Crippen LogP contribution in [-0.4, -0.2) is 30.9 Å². The number of rotatable bonds is 3. The number of aromatic carboxylic acids is 1. The van der Waals surface area contributed by atoms with Gasteiger partial charge in [0.2, 0.25) is 0 Å². The van der Waals surface area contributed by atoms with Crippen molar-refractivity contribution in [1.82, 2.24) is 5.16 Å². The van der Waals surface area contributed by atoms with Crippen LogP contribution in [0, 0.1) is 0 Å². The number of aromatic nitrogens is 1. The van der Waals surface area contributed by atoms with E-state index in [2.05, 4.69) is 9.68 Å². The fraction of sp³-hybridized carbons (Fsp3) is 0.333. The molecule has 0 saturated carbocycles. The third kappa shape index (κ3) is 2.86. The fourth-order valence-electron chi connectivity index (χ4n) is 0.740. The lowest BCUT2D eigenvalue weighted by molar-refractivity contribution is 0.0685. The summed E-state index contributed by atoms with van der Waals surface area (Å²) in [4.78, 5) is 10.3. The van der Waals surface area contributed by atoms with E-state index in [0.29, 0.717) is 0 Å².